The maximum atomic E-state index is 12.2. The molecule has 1 unspecified atom stereocenters. The van der Waals surface area contributed by atoms with Crippen molar-refractivity contribution in [1.29, 1.82) is 0 Å². The zero-order valence-corrected chi connectivity index (χ0v) is 15.4. The zero-order valence-electron chi connectivity index (χ0n) is 15.4. The highest BCUT2D eigenvalue weighted by Gasteiger charge is 2.19. The van der Waals surface area contributed by atoms with Gasteiger partial charge in [0.25, 0.3) is 5.56 Å². The first kappa shape index (κ1) is 18.9. The Morgan fingerprint density at radius 2 is 1.93 bits per heavy atom. The van der Waals surface area contributed by atoms with Gasteiger partial charge in [0.2, 0.25) is 0 Å². The predicted octanol–water partition coefficient (Wildman–Crippen LogP) is 1.32. The molecule has 8 nitrogen and oxygen atoms in total. The number of hydrogen-bond acceptors (Lipinski definition) is 6. The summed E-state index contributed by atoms with van der Waals surface area (Å²) in [6.45, 7) is 4.31. The van der Waals surface area contributed by atoms with E-state index in [4.69, 9.17) is 0 Å². The van der Waals surface area contributed by atoms with Gasteiger partial charge in [0.1, 0.15) is 6.29 Å². The molecule has 0 aromatic heterocycles. The van der Waals surface area contributed by atoms with Crippen LogP contribution < -0.4 is 11.2 Å². The summed E-state index contributed by atoms with van der Waals surface area (Å²) in [6, 6.07) is 3.84. The molecule has 2 heterocycles. The molecular weight excluding hydrogens is 348 g/mol. The van der Waals surface area contributed by atoms with Crippen molar-refractivity contribution in [2.75, 3.05) is 0 Å². The van der Waals surface area contributed by atoms with Crippen LogP contribution in [0.5, 0.6) is 0 Å². The van der Waals surface area contributed by atoms with Crippen LogP contribution in [0.2, 0.25) is 0 Å². The Labute approximate surface area is 155 Å². The largest absolute Gasteiger partial charge is 0.393 e. The number of aliphatic hydroxyl groups is 1. The predicted molar refractivity (Wildman–Crippen MR) is 101 cm³/mol. The molecule has 1 aromatic carbocycles. The summed E-state index contributed by atoms with van der Waals surface area (Å²) in [4.78, 5) is 44.9. The number of fused-ring (bicyclic) bond motifs is 2. The van der Waals surface area contributed by atoms with Crippen molar-refractivity contribution in [1.82, 2.24) is 19.5 Å². The van der Waals surface area contributed by atoms with Crippen molar-refractivity contribution in [2.24, 2.45) is 0 Å². The summed E-state index contributed by atoms with van der Waals surface area (Å²) >= 11 is 0. The van der Waals surface area contributed by atoms with E-state index in [0.717, 1.165) is 22.9 Å². The van der Waals surface area contributed by atoms with Gasteiger partial charge in [-0.25, -0.2) is 9.78 Å². The van der Waals surface area contributed by atoms with Gasteiger partial charge in [-0.3, -0.25) is 9.78 Å². The number of aliphatic hydroxyl groups excluding tert-OH is 1. The van der Waals surface area contributed by atoms with Gasteiger partial charge in [-0.2, -0.15) is 4.98 Å². The number of rotatable bonds is 7. The molecule has 3 rings (SSSR count). The highest BCUT2D eigenvalue weighted by atomic mass is 16.3. The molecule has 2 N–H and O–H groups in total. The van der Waals surface area contributed by atoms with Crippen molar-refractivity contribution in [3.63, 3.8) is 0 Å². The van der Waals surface area contributed by atoms with Gasteiger partial charge >= 0.3 is 5.69 Å². The number of nitrogens with zero attached hydrogens (tertiary/aromatic N) is 3. The molecule has 0 fully saturated rings. The molecule has 0 amide bonds. The SMILES string of the molecule is Cc1cc2nc3c(=O)[nH]c(=O)nc-3n(CCC(O)CCCC=O)c2cc1C. The highest BCUT2D eigenvalue weighted by molar-refractivity contribution is 5.81. The van der Waals surface area contributed by atoms with Crippen LogP contribution in [0.15, 0.2) is 21.7 Å². The summed E-state index contributed by atoms with van der Waals surface area (Å²) in [7, 11) is 0. The molecule has 8 heteroatoms. The monoisotopic (exact) mass is 370 g/mol. The molecule has 0 bridgehead atoms. The molecule has 0 aliphatic carbocycles. The normalized spacial score (nSPS) is 12.6. The summed E-state index contributed by atoms with van der Waals surface area (Å²) in [5.41, 5.74) is 2.27. The molecule has 0 radical (unpaired) electrons. The lowest BCUT2D eigenvalue weighted by atomic mass is 10.1. The van der Waals surface area contributed by atoms with Crippen LogP contribution in [-0.4, -0.2) is 37.0 Å². The first-order chi connectivity index (χ1) is 12.9. The number of carbonyl (C=O) groups excluding carboxylic acids is 1. The Morgan fingerprint density at radius 3 is 2.67 bits per heavy atom. The average molecular weight is 370 g/mol. The third kappa shape index (κ3) is 3.95. The van der Waals surface area contributed by atoms with Gasteiger partial charge in [0.05, 0.1) is 17.1 Å². The number of hydrogen-bond donors (Lipinski definition) is 2. The minimum atomic E-state index is -0.724. The zero-order chi connectivity index (χ0) is 19.6. The Morgan fingerprint density at radius 1 is 1.19 bits per heavy atom. The van der Waals surface area contributed by atoms with Crippen LogP contribution in [0.3, 0.4) is 0 Å². The number of aldehydes is 1. The Hall–Kier alpha value is -2.87. The van der Waals surface area contributed by atoms with E-state index in [1.54, 1.807) is 4.57 Å². The standard InChI is InChI=1S/C19H22N4O4/c1-11-9-14-15(10-12(11)2)23(7-6-13(25)5-3-4-8-24)17-16(20-14)18(26)22-19(27)21-17/h8-10,13,25H,3-7H2,1-2H3,(H,22,26,27). The van der Waals surface area contributed by atoms with Gasteiger partial charge in [0, 0.05) is 13.0 Å². The first-order valence-electron chi connectivity index (χ1n) is 8.94. The van der Waals surface area contributed by atoms with Crippen molar-refractivity contribution in [2.45, 2.75) is 52.2 Å². The van der Waals surface area contributed by atoms with Crippen molar-refractivity contribution in [3.8, 4) is 11.5 Å². The third-order valence-electron chi connectivity index (χ3n) is 4.77. The topological polar surface area (TPSA) is 118 Å². The summed E-state index contributed by atoms with van der Waals surface area (Å²) in [5, 5.41) is 10.2. The van der Waals surface area contributed by atoms with E-state index < -0.39 is 17.4 Å². The van der Waals surface area contributed by atoms with E-state index in [1.807, 2.05) is 26.0 Å². The summed E-state index contributed by atoms with van der Waals surface area (Å²) < 4.78 is 1.77. The van der Waals surface area contributed by atoms with Gasteiger partial charge in [-0.1, -0.05) is 0 Å². The third-order valence-corrected chi connectivity index (χ3v) is 4.77. The Balaban J connectivity index is 2.09. The van der Waals surface area contributed by atoms with Crippen LogP contribution in [0.1, 0.15) is 36.8 Å². The number of unbranched alkanes of at least 4 members (excludes halogenated alkanes) is 1. The lowest BCUT2D eigenvalue weighted by Gasteiger charge is -2.19. The molecule has 0 saturated carbocycles. The van der Waals surface area contributed by atoms with E-state index in [-0.39, 0.29) is 11.5 Å². The number of aromatic nitrogens is 4. The fraction of sp³-hybridized carbons (Fsp3) is 0.421. The van der Waals surface area contributed by atoms with Gasteiger partial charge in [0.15, 0.2) is 11.5 Å². The van der Waals surface area contributed by atoms with Crippen LogP contribution >= 0.6 is 0 Å². The molecule has 0 spiro atoms. The fourth-order valence-electron chi connectivity index (χ4n) is 3.14. The minimum absolute atomic E-state index is 0.0980. The van der Waals surface area contributed by atoms with E-state index in [2.05, 4.69) is 15.0 Å². The molecule has 27 heavy (non-hydrogen) atoms. The number of H-pyrrole nitrogens is 1. The molecule has 0 saturated heterocycles. The second-order valence-electron chi connectivity index (χ2n) is 6.77. The molecule has 142 valence electrons. The molecule has 2 aliphatic rings. The van der Waals surface area contributed by atoms with E-state index >= 15 is 0 Å². The summed E-state index contributed by atoms with van der Waals surface area (Å²) in [5.74, 6) is 0.208. The van der Waals surface area contributed by atoms with Crippen molar-refractivity contribution >= 4 is 17.3 Å². The fourth-order valence-corrected chi connectivity index (χ4v) is 3.14. The number of aryl methyl sites for hydroxylation is 3. The lowest BCUT2D eigenvalue weighted by molar-refractivity contribution is -0.108. The van der Waals surface area contributed by atoms with Gasteiger partial charge < -0.3 is 14.5 Å². The van der Waals surface area contributed by atoms with Gasteiger partial charge in [-0.15, -0.1) is 0 Å². The maximum absolute atomic E-state index is 12.2. The van der Waals surface area contributed by atoms with Crippen LogP contribution in [-0.2, 0) is 11.3 Å². The van der Waals surface area contributed by atoms with E-state index in [9.17, 15) is 19.5 Å². The minimum Gasteiger partial charge on any atom is -0.393 e. The van der Waals surface area contributed by atoms with Crippen molar-refractivity contribution in [3.05, 3.63) is 44.1 Å². The highest BCUT2D eigenvalue weighted by Crippen LogP contribution is 2.24. The average Bonchev–Trinajstić information content (AvgIpc) is 2.61. The summed E-state index contributed by atoms with van der Waals surface area (Å²) in [6.07, 6.45) is 2.21. The van der Waals surface area contributed by atoms with Crippen LogP contribution in [0.4, 0.5) is 0 Å². The first-order valence-corrected chi connectivity index (χ1v) is 8.94. The van der Waals surface area contributed by atoms with Crippen LogP contribution in [0, 0.1) is 13.8 Å². The maximum Gasteiger partial charge on any atom is 0.349 e. The smallest absolute Gasteiger partial charge is 0.349 e. The molecular formula is C19H22N4O4. The number of benzene rings is 1. The quantitative estimate of drug-likeness (QED) is 0.368. The molecule has 2 aliphatic heterocycles. The Kier molecular flexibility index (Phi) is 5.46. The number of aromatic amines is 1. The molecule has 1 aromatic rings. The number of carbonyl (C=O) groups is 1. The molecule has 1 atom stereocenters. The van der Waals surface area contributed by atoms with Crippen LogP contribution in [0.25, 0.3) is 22.6 Å². The lowest BCUT2D eigenvalue weighted by Crippen LogP contribution is -2.29. The Bertz CT molecular complexity index is 1070. The van der Waals surface area contributed by atoms with E-state index in [0.29, 0.717) is 37.7 Å². The van der Waals surface area contributed by atoms with E-state index in [1.165, 1.54) is 0 Å². The van der Waals surface area contributed by atoms with Gasteiger partial charge in [-0.05, 0) is 56.4 Å². The second kappa shape index (κ2) is 7.79. The number of nitrogens with one attached hydrogen (secondary N) is 1. The van der Waals surface area contributed by atoms with Crippen molar-refractivity contribution < 1.29 is 9.90 Å². The second-order valence-corrected chi connectivity index (χ2v) is 6.77.